The summed E-state index contributed by atoms with van der Waals surface area (Å²) in [6.45, 7) is 6.46. The van der Waals surface area contributed by atoms with Gasteiger partial charge in [0.2, 0.25) is 0 Å². The first-order valence-electron chi connectivity index (χ1n) is 4.91. The summed E-state index contributed by atoms with van der Waals surface area (Å²) in [7, 11) is -1.73. The van der Waals surface area contributed by atoms with Crippen LogP contribution in [0.4, 0.5) is 0 Å². The Morgan fingerprint density at radius 1 is 1.00 bits per heavy atom. The fourth-order valence-electron chi connectivity index (χ4n) is 1.31. The van der Waals surface area contributed by atoms with Gasteiger partial charge in [-0.05, 0) is 0 Å². The summed E-state index contributed by atoms with van der Waals surface area (Å²) >= 11 is 0. The molecule has 0 aliphatic heterocycles. The topological polar surface area (TPSA) is 20.2 Å². The summed E-state index contributed by atoms with van der Waals surface area (Å²) < 4.78 is 0. The maximum atomic E-state index is 9.99. The normalized spacial score (nSPS) is 13.5. The van der Waals surface area contributed by atoms with Crippen LogP contribution in [0.5, 0.6) is 0 Å². The van der Waals surface area contributed by atoms with Gasteiger partial charge in [0.15, 0.2) is 0 Å². The van der Waals surface area contributed by atoms with Gasteiger partial charge < -0.3 is 0 Å². The number of hydrogen-bond donors (Lipinski definition) is 1. The van der Waals surface area contributed by atoms with E-state index in [4.69, 9.17) is 0 Å². The van der Waals surface area contributed by atoms with Crippen LogP contribution in [0.15, 0.2) is 0 Å². The van der Waals surface area contributed by atoms with Crippen LogP contribution < -0.4 is 0 Å². The van der Waals surface area contributed by atoms with Crippen LogP contribution in [0.1, 0.15) is 40.0 Å². The SMILES string of the molecule is CCCCC[PH](O)(CC)CC. The van der Waals surface area contributed by atoms with Crippen molar-refractivity contribution in [3.63, 3.8) is 0 Å². The van der Waals surface area contributed by atoms with E-state index >= 15 is 0 Å². The van der Waals surface area contributed by atoms with Gasteiger partial charge in [-0.1, -0.05) is 0 Å². The van der Waals surface area contributed by atoms with Crippen LogP contribution in [0.25, 0.3) is 0 Å². The Balaban J connectivity index is 3.51. The molecule has 0 amide bonds. The minimum atomic E-state index is -1.73. The molecule has 2 heteroatoms. The molecular formula is C9H23OP. The predicted octanol–water partition coefficient (Wildman–Crippen LogP) is 2.87. The first-order chi connectivity index (χ1) is 5.18. The molecule has 70 valence electrons. The monoisotopic (exact) mass is 178 g/mol. The van der Waals surface area contributed by atoms with Gasteiger partial charge in [0.05, 0.1) is 0 Å². The second kappa shape index (κ2) is 5.97. The van der Waals surface area contributed by atoms with E-state index in [9.17, 15) is 4.89 Å². The van der Waals surface area contributed by atoms with E-state index in [0.717, 1.165) is 18.5 Å². The molecule has 0 saturated heterocycles. The average Bonchev–Trinajstić information content (AvgIpc) is 2.05. The molecule has 1 N–H and O–H groups in total. The molecule has 0 aliphatic rings. The zero-order valence-corrected chi connectivity index (χ0v) is 9.19. The molecule has 0 rings (SSSR count). The van der Waals surface area contributed by atoms with Crippen molar-refractivity contribution < 1.29 is 4.89 Å². The van der Waals surface area contributed by atoms with Gasteiger partial charge in [-0.25, -0.2) is 0 Å². The van der Waals surface area contributed by atoms with Crippen LogP contribution in [0.3, 0.4) is 0 Å². The Kier molecular flexibility index (Phi) is 6.18. The fraction of sp³-hybridized carbons (Fsp3) is 1.00. The summed E-state index contributed by atoms with van der Waals surface area (Å²) in [6, 6.07) is 0. The standard InChI is InChI=1S/C9H23OP/c1-4-7-8-9-11(10,5-2)6-3/h10-11H,4-9H2,1-3H3. The van der Waals surface area contributed by atoms with Crippen molar-refractivity contribution >= 4 is 7.49 Å². The van der Waals surface area contributed by atoms with Gasteiger partial charge in [0.25, 0.3) is 0 Å². The van der Waals surface area contributed by atoms with E-state index in [2.05, 4.69) is 20.8 Å². The molecule has 1 nitrogen and oxygen atoms in total. The molecule has 0 bridgehead atoms. The quantitative estimate of drug-likeness (QED) is 0.490. The van der Waals surface area contributed by atoms with E-state index in [1.165, 1.54) is 19.3 Å². The molecule has 11 heavy (non-hydrogen) atoms. The van der Waals surface area contributed by atoms with E-state index in [1.54, 1.807) is 0 Å². The van der Waals surface area contributed by atoms with Gasteiger partial charge in [0, 0.05) is 0 Å². The third-order valence-electron chi connectivity index (χ3n) is 2.56. The van der Waals surface area contributed by atoms with Crippen molar-refractivity contribution in [2.24, 2.45) is 0 Å². The van der Waals surface area contributed by atoms with Crippen molar-refractivity contribution in [2.75, 3.05) is 18.5 Å². The van der Waals surface area contributed by atoms with Crippen LogP contribution in [-0.4, -0.2) is 23.4 Å². The molecule has 0 aromatic carbocycles. The van der Waals surface area contributed by atoms with Crippen molar-refractivity contribution in [1.29, 1.82) is 0 Å². The average molecular weight is 178 g/mol. The maximum absolute atomic E-state index is 9.99. The van der Waals surface area contributed by atoms with Gasteiger partial charge in [-0.2, -0.15) is 0 Å². The molecule has 0 radical (unpaired) electrons. The number of rotatable bonds is 6. The van der Waals surface area contributed by atoms with E-state index in [0.29, 0.717) is 0 Å². The molecule has 0 aromatic rings. The summed E-state index contributed by atoms with van der Waals surface area (Å²) in [5, 5.41) is 0. The molecule has 0 aromatic heterocycles. The summed E-state index contributed by atoms with van der Waals surface area (Å²) in [6.07, 6.45) is 6.97. The van der Waals surface area contributed by atoms with E-state index < -0.39 is 7.49 Å². The van der Waals surface area contributed by atoms with Crippen molar-refractivity contribution in [1.82, 2.24) is 0 Å². The summed E-state index contributed by atoms with van der Waals surface area (Å²) in [4.78, 5) is 9.99. The van der Waals surface area contributed by atoms with Crippen molar-refractivity contribution in [3.8, 4) is 0 Å². The van der Waals surface area contributed by atoms with Crippen LogP contribution in [0, 0.1) is 0 Å². The van der Waals surface area contributed by atoms with E-state index in [1.807, 2.05) is 0 Å². The molecule has 0 heterocycles. The van der Waals surface area contributed by atoms with E-state index in [-0.39, 0.29) is 0 Å². The Morgan fingerprint density at radius 2 is 1.55 bits per heavy atom. The van der Waals surface area contributed by atoms with Crippen molar-refractivity contribution in [2.45, 2.75) is 40.0 Å². The molecule has 0 aliphatic carbocycles. The molecular weight excluding hydrogens is 155 g/mol. The van der Waals surface area contributed by atoms with Gasteiger partial charge in [0.1, 0.15) is 0 Å². The van der Waals surface area contributed by atoms with Gasteiger partial charge >= 0.3 is 70.9 Å². The third-order valence-corrected chi connectivity index (χ3v) is 6.48. The third kappa shape index (κ3) is 4.76. The molecule has 0 unspecified atom stereocenters. The van der Waals surface area contributed by atoms with Crippen LogP contribution in [0.2, 0.25) is 0 Å². The van der Waals surface area contributed by atoms with Gasteiger partial charge in [-0.15, -0.1) is 0 Å². The zero-order chi connectivity index (χ0) is 8.74. The number of hydrogen-bond acceptors (Lipinski definition) is 1. The second-order valence-corrected chi connectivity index (χ2v) is 7.75. The molecule has 0 saturated carbocycles. The van der Waals surface area contributed by atoms with Crippen LogP contribution >= 0.6 is 7.49 Å². The Bertz CT molecular complexity index is 89.6. The number of unbranched alkanes of at least 4 members (excludes halogenated alkanes) is 2. The van der Waals surface area contributed by atoms with Gasteiger partial charge in [-0.3, -0.25) is 0 Å². The molecule has 0 fully saturated rings. The Labute approximate surface area is 71.6 Å². The Morgan fingerprint density at radius 3 is 1.91 bits per heavy atom. The minimum absolute atomic E-state index is 1.03. The molecule has 0 spiro atoms. The Hall–Kier alpha value is 0.390. The first kappa shape index (κ1) is 11.4. The molecule has 0 atom stereocenters. The van der Waals surface area contributed by atoms with Crippen molar-refractivity contribution in [3.05, 3.63) is 0 Å². The zero-order valence-electron chi connectivity index (χ0n) is 8.19. The second-order valence-electron chi connectivity index (χ2n) is 3.39. The fourth-order valence-corrected chi connectivity index (χ4v) is 3.42. The summed E-state index contributed by atoms with van der Waals surface area (Å²) in [5.74, 6) is 0. The summed E-state index contributed by atoms with van der Waals surface area (Å²) in [5.41, 5.74) is 0. The predicted molar refractivity (Wildman–Crippen MR) is 56.0 cm³/mol. The van der Waals surface area contributed by atoms with Crippen LogP contribution in [-0.2, 0) is 0 Å². The first-order valence-corrected chi connectivity index (χ1v) is 7.47.